The van der Waals surface area contributed by atoms with Crippen molar-refractivity contribution in [1.29, 1.82) is 0 Å². The van der Waals surface area contributed by atoms with Crippen LogP contribution < -0.4 is 5.32 Å². The first-order valence-corrected chi connectivity index (χ1v) is 7.09. The van der Waals surface area contributed by atoms with Gasteiger partial charge in [-0.25, -0.2) is 4.39 Å². The number of hydrogen-bond acceptors (Lipinski definition) is 3. The third kappa shape index (κ3) is 4.28. The molecule has 1 heterocycles. The molecular formula is C15H21FN2O2. The Hall–Kier alpha value is -1.46. The number of carbonyl (C=O) groups is 1. The lowest BCUT2D eigenvalue weighted by Crippen LogP contribution is -2.42. The molecule has 1 aliphatic rings. The standard InChI is InChI=1S/C15H21FN2O2/c16-12-5-7-13(8-6-12)17-15(20)10-18-9-3-1-2-4-14(18)11-19/h5-8,14,19H,1-4,9-11H2,(H,17,20). The number of aliphatic hydroxyl groups excluding tert-OH is 1. The molecule has 0 aliphatic carbocycles. The number of anilines is 1. The van der Waals surface area contributed by atoms with Crippen molar-refractivity contribution >= 4 is 11.6 Å². The van der Waals surface area contributed by atoms with Crippen LogP contribution in [0.2, 0.25) is 0 Å². The summed E-state index contributed by atoms with van der Waals surface area (Å²) >= 11 is 0. The Kier molecular flexibility index (Phi) is 5.49. The zero-order valence-electron chi connectivity index (χ0n) is 11.5. The number of carbonyl (C=O) groups excluding carboxylic acids is 1. The van der Waals surface area contributed by atoms with Gasteiger partial charge >= 0.3 is 0 Å². The van der Waals surface area contributed by atoms with E-state index >= 15 is 0 Å². The van der Waals surface area contributed by atoms with Crippen molar-refractivity contribution in [1.82, 2.24) is 4.90 Å². The quantitative estimate of drug-likeness (QED) is 0.887. The smallest absolute Gasteiger partial charge is 0.238 e. The highest BCUT2D eigenvalue weighted by Gasteiger charge is 2.22. The van der Waals surface area contributed by atoms with Gasteiger partial charge in [0.2, 0.25) is 5.91 Å². The van der Waals surface area contributed by atoms with Crippen molar-refractivity contribution in [3.63, 3.8) is 0 Å². The Balaban J connectivity index is 1.90. The average Bonchev–Trinajstić information content (AvgIpc) is 2.66. The summed E-state index contributed by atoms with van der Waals surface area (Å²) in [5, 5.41) is 12.2. The van der Waals surface area contributed by atoms with Crippen LogP contribution in [-0.4, -0.2) is 41.7 Å². The van der Waals surface area contributed by atoms with Crippen molar-refractivity contribution < 1.29 is 14.3 Å². The van der Waals surface area contributed by atoms with Gasteiger partial charge in [0.15, 0.2) is 0 Å². The van der Waals surface area contributed by atoms with Gasteiger partial charge < -0.3 is 10.4 Å². The van der Waals surface area contributed by atoms with Gasteiger partial charge in [-0.15, -0.1) is 0 Å². The van der Waals surface area contributed by atoms with Crippen LogP contribution in [0.5, 0.6) is 0 Å². The van der Waals surface area contributed by atoms with E-state index in [-0.39, 0.29) is 30.9 Å². The number of hydrogen-bond donors (Lipinski definition) is 2. The van der Waals surface area contributed by atoms with Crippen LogP contribution in [0.1, 0.15) is 25.7 Å². The Bertz CT molecular complexity index is 436. The molecule has 0 spiro atoms. The summed E-state index contributed by atoms with van der Waals surface area (Å²) in [6, 6.07) is 5.78. The number of amides is 1. The minimum atomic E-state index is -0.323. The zero-order valence-corrected chi connectivity index (χ0v) is 11.5. The molecule has 1 saturated heterocycles. The number of benzene rings is 1. The number of aliphatic hydroxyl groups is 1. The Morgan fingerprint density at radius 2 is 2.05 bits per heavy atom. The van der Waals surface area contributed by atoms with Crippen LogP contribution in [0.15, 0.2) is 24.3 Å². The van der Waals surface area contributed by atoms with Gasteiger partial charge in [0.25, 0.3) is 0 Å². The lowest BCUT2D eigenvalue weighted by Gasteiger charge is -2.27. The van der Waals surface area contributed by atoms with Crippen LogP contribution in [0.3, 0.4) is 0 Å². The second kappa shape index (κ2) is 7.36. The summed E-state index contributed by atoms with van der Waals surface area (Å²) in [5.74, 6) is -0.451. The first-order chi connectivity index (χ1) is 9.69. The summed E-state index contributed by atoms with van der Waals surface area (Å²) in [6.07, 6.45) is 4.23. The van der Waals surface area contributed by atoms with Crippen molar-refractivity contribution in [2.24, 2.45) is 0 Å². The lowest BCUT2D eigenvalue weighted by atomic mass is 10.1. The summed E-state index contributed by atoms with van der Waals surface area (Å²) in [6.45, 7) is 1.19. The van der Waals surface area contributed by atoms with E-state index in [0.717, 1.165) is 32.2 Å². The Labute approximate surface area is 118 Å². The minimum Gasteiger partial charge on any atom is -0.395 e. The number of likely N-dealkylation sites (tertiary alicyclic amines) is 1. The molecule has 0 saturated carbocycles. The minimum absolute atomic E-state index is 0.0662. The third-order valence-corrected chi connectivity index (χ3v) is 3.68. The normalized spacial score (nSPS) is 20.4. The van der Waals surface area contributed by atoms with Crippen molar-refractivity contribution in [3.8, 4) is 0 Å². The van der Waals surface area contributed by atoms with Gasteiger partial charge in [-0.1, -0.05) is 12.8 Å². The highest BCUT2D eigenvalue weighted by Crippen LogP contribution is 2.16. The molecule has 0 bridgehead atoms. The maximum absolute atomic E-state index is 12.8. The van der Waals surface area contributed by atoms with E-state index in [9.17, 15) is 14.3 Å². The van der Waals surface area contributed by atoms with Crippen LogP contribution in [-0.2, 0) is 4.79 Å². The van der Waals surface area contributed by atoms with Crippen molar-refractivity contribution in [2.75, 3.05) is 25.0 Å². The SMILES string of the molecule is O=C(CN1CCCCCC1CO)Nc1ccc(F)cc1. The maximum atomic E-state index is 12.8. The Morgan fingerprint density at radius 1 is 1.30 bits per heavy atom. The predicted octanol–water partition coefficient (Wildman–Crippen LogP) is 2.00. The molecule has 2 rings (SSSR count). The molecule has 1 aliphatic heterocycles. The van der Waals surface area contributed by atoms with Crippen LogP contribution in [0, 0.1) is 5.82 Å². The molecule has 1 aromatic carbocycles. The van der Waals surface area contributed by atoms with Crippen LogP contribution in [0.4, 0.5) is 10.1 Å². The molecule has 4 nitrogen and oxygen atoms in total. The fourth-order valence-electron chi connectivity index (χ4n) is 2.57. The third-order valence-electron chi connectivity index (χ3n) is 3.68. The van der Waals surface area contributed by atoms with Crippen molar-refractivity contribution in [3.05, 3.63) is 30.1 Å². The number of nitrogens with one attached hydrogen (secondary N) is 1. The van der Waals surface area contributed by atoms with Gasteiger partial charge in [-0.05, 0) is 43.7 Å². The molecule has 1 atom stereocenters. The van der Waals surface area contributed by atoms with E-state index in [1.807, 2.05) is 4.90 Å². The molecule has 1 fully saturated rings. The van der Waals surface area contributed by atoms with E-state index in [4.69, 9.17) is 0 Å². The van der Waals surface area contributed by atoms with Gasteiger partial charge in [0.05, 0.1) is 13.2 Å². The molecule has 1 amide bonds. The average molecular weight is 280 g/mol. The topological polar surface area (TPSA) is 52.6 Å². The molecular weight excluding hydrogens is 259 g/mol. The number of rotatable bonds is 4. The fraction of sp³-hybridized carbons (Fsp3) is 0.533. The molecule has 1 aromatic rings. The van der Waals surface area contributed by atoms with Crippen LogP contribution in [0.25, 0.3) is 0 Å². The van der Waals surface area contributed by atoms with Gasteiger partial charge in [-0.2, -0.15) is 0 Å². The monoisotopic (exact) mass is 280 g/mol. The lowest BCUT2D eigenvalue weighted by molar-refractivity contribution is -0.118. The summed E-state index contributed by atoms with van der Waals surface area (Å²) < 4.78 is 12.8. The molecule has 110 valence electrons. The first kappa shape index (κ1) is 14.9. The molecule has 1 unspecified atom stereocenters. The largest absolute Gasteiger partial charge is 0.395 e. The van der Waals surface area contributed by atoms with Gasteiger partial charge in [-0.3, -0.25) is 9.69 Å². The molecule has 0 radical (unpaired) electrons. The van der Waals surface area contributed by atoms with Crippen LogP contribution >= 0.6 is 0 Å². The summed E-state index contributed by atoms with van der Waals surface area (Å²) in [4.78, 5) is 14.0. The molecule has 0 aromatic heterocycles. The highest BCUT2D eigenvalue weighted by atomic mass is 19.1. The summed E-state index contributed by atoms with van der Waals surface area (Å²) in [7, 11) is 0. The second-order valence-corrected chi connectivity index (χ2v) is 5.21. The van der Waals surface area contributed by atoms with E-state index in [1.165, 1.54) is 12.1 Å². The van der Waals surface area contributed by atoms with E-state index in [0.29, 0.717) is 5.69 Å². The molecule has 2 N–H and O–H groups in total. The number of halogens is 1. The predicted molar refractivity (Wildman–Crippen MR) is 75.9 cm³/mol. The van der Waals surface area contributed by atoms with E-state index in [1.54, 1.807) is 12.1 Å². The fourth-order valence-corrected chi connectivity index (χ4v) is 2.57. The van der Waals surface area contributed by atoms with Gasteiger partial charge in [0, 0.05) is 11.7 Å². The first-order valence-electron chi connectivity index (χ1n) is 7.09. The molecule has 20 heavy (non-hydrogen) atoms. The maximum Gasteiger partial charge on any atom is 0.238 e. The summed E-state index contributed by atoms with van der Waals surface area (Å²) in [5.41, 5.74) is 0.590. The second-order valence-electron chi connectivity index (χ2n) is 5.21. The number of nitrogens with zero attached hydrogens (tertiary/aromatic N) is 1. The van der Waals surface area contributed by atoms with Crippen molar-refractivity contribution in [2.45, 2.75) is 31.7 Å². The van der Waals surface area contributed by atoms with E-state index < -0.39 is 0 Å². The highest BCUT2D eigenvalue weighted by molar-refractivity contribution is 5.92. The van der Waals surface area contributed by atoms with Gasteiger partial charge in [0.1, 0.15) is 5.82 Å². The van der Waals surface area contributed by atoms with E-state index in [2.05, 4.69) is 5.32 Å². The molecule has 5 heteroatoms. The zero-order chi connectivity index (χ0) is 14.4. The Morgan fingerprint density at radius 3 is 2.75 bits per heavy atom.